The van der Waals surface area contributed by atoms with Gasteiger partial charge in [0.15, 0.2) is 0 Å². The van der Waals surface area contributed by atoms with Gasteiger partial charge in [-0.1, -0.05) is 6.07 Å². The molecule has 0 spiro atoms. The van der Waals surface area contributed by atoms with Crippen LogP contribution >= 0.6 is 0 Å². The number of fused-ring (bicyclic) bond motifs is 1. The van der Waals surface area contributed by atoms with Crippen molar-refractivity contribution >= 4 is 23.1 Å². The molecule has 104 valence electrons. The number of hydrogen-bond donors (Lipinski definition) is 1. The molecule has 0 aliphatic carbocycles. The summed E-state index contributed by atoms with van der Waals surface area (Å²) < 4.78 is 5.25. The maximum atomic E-state index is 12.4. The number of aromatic nitrogens is 1. The predicted molar refractivity (Wildman–Crippen MR) is 74.8 cm³/mol. The number of morpholine rings is 1. The third-order valence-corrected chi connectivity index (χ3v) is 3.62. The van der Waals surface area contributed by atoms with Crippen molar-refractivity contribution in [1.29, 1.82) is 0 Å². The van der Waals surface area contributed by atoms with E-state index in [1.165, 1.54) is 0 Å². The van der Waals surface area contributed by atoms with E-state index in [1.807, 2.05) is 24.4 Å². The first-order chi connectivity index (χ1) is 9.79. The van der Waals surface area contributed by atoms with E-state index in [2.05, 4.69) is 4.98 Å². The van der Waals surface area contributed by atoms with Gasteiger partial charge < -0.3 is 19.4 Å². The molecular weight excluding hydrogens is 256 g/mol. The number of ether oxygens (including phenoxy) is 1. The number of hydrogen-bond acceptors (Lipinski definition) is 3. The van der Waals surface area contributed by atoms with E-state index in [1.54, 1.807) is 4.90 Å². The fraction of sp³-hybridized carbons (Fsp3) is 0.333. The summed E-state index contributed by atoms with van der Waals surface area (Å²) >= 11 is 0. The Balaban J connectivity index is 1.88. The van der Waals surface area contributed by atoms with Gasteiger partial charge in [-0.05, 0) is 17.7 Å². The molecule has 1 amide bonds. The average molecular weight is 272 g/mol. The van der Waals surface area contributed by atoms with Crippen LogP contribution < -0.4 is 0 Å². The van der Waals surface area contributed by atoms with Crippen LogP contribution in [-0.2, 0) is 16.0 Å². The molecule has 1 N–H and O–H groups in total. The van der Waals surface area contributed by atoms with E-state index in [0.29, 0.717) is 38.3 Å². The lowest BCUT2D eigenvalue weighted by Gasteiger charge is -2.26. The fourth-order valence-electron chi connectivity index (χ4n) is 2.53. The number of amides is 1. The molecule has 0 atom stereocenters. The Labute approximate surface area is 116 Å². The standard InChI is InChI=1S/C15H16N2O3/c18-6-3-12-10-16-14-9-11(1-2-13(12)14)15(19)17-4-7-20-8-5-17/h1-2,6,9-10,16H,3-5,7-8H2. The Bertz CT molecular complexity index is 642. The van der Waals surface area contributed by atoms with Crippen molar-refractivity contribution in [3.63, 3.8) is 0 Å². The Morgan fingerprint density at radius 1 is 1.35 bits per heavy atom. The summed E-state index contributed by atoms with van der Waals surface area (Å²) in [5.41, 5.74) is 2.51. The average Bonchev–Trinajstić information content (AvgIpc) is 2.90. The molecule has 2 heterocycles. The number of benzene rings is 1. The lowest BCUT2D eigenvalue weighted by atomic mass is 10.1. The molecule has 0 bridgehead atoms. The first-order valence-corrected chi connectivity index (χ1v) is 6.70. The Hall–Kier alpha value is -2.14. The Morgan fingerprint density at radius 3 is 2.90 bits per heavy atom. The van der Waals surface area contributed by atoms with Crippen LogP contribution in [0.1, 0.15) is 15.9 Å². The van der Waals surface area contributed by atoms with Gasteiger partial charge in [0.2, 0.25) is 0 Å². The molecule has 3 rings (SSSR count). The summed E-state index contributed by atoms with van der Waals surface area (Å²) in [6.07, 6.45) is 3.09. The van der Waals surface area contributed by atoms with Gasteiger partial charge in [-0.15, -0.1) is 0 Å². The summed E-state index contributed by atoms with van der Waals surface area (Å²) in [4.78, 5) is 27.9. The van der Waals surface area contributed by atoms with Crippen molar-refractivity contribution in [3.05, 3.63) is 35.5 Å². The SMILES string of the molecule is O=CCc1c[nH]c2cc(C(=O)N3CCOCC3)ccc12. The minimum absolute atomic E-state index is 0.0294. The number of nitrogens with one attached hydrogen (secondary N) is 1. The number of nitrogens with zero attached hydrogens (tertiary/aromatic N) is 1. The zero-order chi connectivity index (χ0) is 13.9. The van der Waals surface area contributed by atoms with E-state index in [9.17, 15) is 9.59 Å². The maximum Gasteiger partial charge on any atom is 0.254 e. The molecule has 20 heavy (non-hydrogen) atoms. The van der Waals surface area contributed by atoms with E-state index in [-0.39, 0.29) is 5.91 Å². The molecular formula is C15H16N2O3. The molecule has 0 radical (unpaired) electrons. The molecule has 2 aromatic rings. The van der Waals surface area contributed by atoms with Crippen LogP contribution in [0.15, 0.2) is 24.4 Å². The van der Waals surface area contributed by atoms with E-state index < -0.39 is 0 Å². The van der Waals surface area contributed by atoms with Crippen LogP contribution in [0.5, 0.6) is 0 Å². The van der Waals surface area contributed by atoms with Crippen LogP contribution in [0.2, 0.25) is 0 Å². The summed E-state index contributed by atoms with van der Waals surface area (Å²) in [7, 11) is 0. The molecule has 1 aliphatic heterocycles. The second kappa shape index (κ2) is 5.46. The summed E-state index contributed by atoms with van der Waals surface area (Å²) in [6.45, 7) is 2.47. The number of carbonyl (C=O) groups is 2. The van der Waals surface area contributed by atoms with Gasteiger partial charge in [0.25, 0.3) is 5.91 Å². The molecule has 5 nitrogen and oxygen atoms in total. The third kappa shape index (κ3) is 2.32. The molecule has 1 aromatic carbocycles. The topological polar surface area (TPSA) is 62.4 Å². The smallest absolute Gasteiger partial charge is 0.254 e. The van der Waals surface area contributed by atoms with Gasteiger partial charge in [0.05, 0.1) is 13.2 Å². The quantitative estimate of drug-likeness (QED) is 0.859. The molecule has 1 aliphatic rings. The van der Waals surface area contributed by atoms with Crippen LogP contribution in [-0.4, -0.2) is 48.4 Å². The minimum Gasteiger partial charge on any atom is -0.378 e. The second-order valence-electron chi connectivity index (χ2n) is 4.85. The van der Waals surface area contributed by atoms with Crippen molar-refractivity contribution < 1.29 is 14.3 Å². The van der Waals surface area contributed by atoms with Crippen molar-refractivity contribution in [2.24, 2.45) is 0 Å². The van der Waals surface area contributed by atoms with Crippen molar-refractivity contribution in [2.75, 3.05) is 26.3 Å². The highest BCUT2D eigenvalue weighted by atomic mass is 16.5. The Kier molecular flexibility index (Phi) is 3.52. The van der Waals surface area contributed by atoms with Crippen molar-refractivity contribution in [3.8, 4) is 0 Å². The highest BCUT2D eigenvalue weighted by Gasteiger charge is 2.19. The number of carbonyl (C=O) groups excluding carboxylic acids is 2. The van der Waals surface area contributed by atoms with Crippen LogP contribution in [0, 0.1) is 0 Å². The summed E-state index contributed by atoms with van der Waals surface area (Å²) in [5.74, 6) is 0.0294. The lowest BCUT2D eigenvalue weighted by Crippen LogP contribution is -2.40. The van der Waals surface area contributed by atoms with Crippen LogP contribution in [0.3, 0.4) is 0 Å². The summed E-state index contributed by atoms with van der Waals surface area (Å²) in [6, 6.07) is 5.57. The molecule has 0 unspecified atom stereocenters. The number of H-pyrrole nitrogens is 1. The predicted octanol–water partition coefficient (Wildman–Crippen LogP) is 1.38. The highest BCUT2D eigenvalue weighted by molar-refractivity contribution is 5.98. The minimum atomic E-state index is 0.0294. The van der Waals surface area contributed by atoms with E-state index >= 15 is 0 Å². The number of rotatable bonds is 3. The molecule has 1 saturated heterocycles. The van der Waals surface area contributed by atoms with Crippen molar-refractivity contribution in [1.82, 2.24) is 9.88 Å². The van der Waals surface area contributed by atoms with Gasteiger partial charge in [0.1, 0.15) is 6.29 Å². The van der Waals surface area contributed by atoms with Gasteiger partial charge in [-0.3, -0.25) is 4.79 Å². The van der Waals surface area contributed by atoms with Gasteiger partial charge in [-0.25, -0.2) is 0 Å². The first kappa shape index (κ1) is 12.9. The highest BCUT2D eigenvalue weighted by Crippen LogP contribution is 2.20. The molecule has 5 heteroatoms. The zero-order valence-electron chi connectivity index (χ0n) is 11.1. The molecule has 1 aromatic heterocycles. The lowest BCUT2D eigenvalue weighted by molar-refractivity contribution is -0.107. The van der Waals surface area contributed by atoms with Gasteiger partial charge in [-0.2, -0.15) is 0 Å². The van der Waals surface area contributed by atoms with E-state index in [0.717, 1.165) is 22.8 Å². The second-order valence-corrected chi connectivity index (χ2v) is 4.85. The zero-order valence-corrected chi connectivity index (χ0v) is 11.1. The largest absolute Gasteiger partial charge is 0.378 e. The van der Waals surface area contributed by atoms with Gasteiger partial charge >= 0.3 is 0 Å². The molecule has 1 fully saturated rings. The van der Waals surface area contributed by atoms with E-state index in [4.69, 9.17) is 4.74 Å². The first-order valence-electron chi connectivity index (χ1n) is 6.70. The van der Waals surface area contributed by atoms with Crippen molar-refractivity contribution in [2.45, 2.75) is 6.42 Å². The fourth-order valence-corrected chi connectivity index (χ4v) is 2.53. The summed E-state index contributed by atoms with van der Waals surface area (Å²) in [5, 5.41) is 0.996. The van der Waals surface area contributed by atoms with Crippen LogP contribution in [0.4, 0.5) is 0 Å². The normalized spacial score (nSPS) is 15.5. The number of aromatic amines is 1. The maximum absolute atomic E-state index is 12.4. The number of aldehydes is 1. The van der Waals surface area contributed by atoms with Gasteiger partial charge in [0, 0.05) is 42.2 Å². The monoisotopic (exact) mass is 272 g/mol. The molecule has 0 saturated carbocycles. The Morgan fingerprint density at radius 2 is 2.15 bits per heavy atom. The van der Waals surface area contributed by atoms with Crippen LogP contribution in [0.25, 0.3) is 10.9 Å². The third-order valence-electron chi connectivity index (χ3n) is 3.62.